The van der Waals surface area contributed by atoms with Crippen molar-refractivity contribution in [3.63, 3.8) is 0 Å². The summed E-state index contributed by atoms with van der Waals surface area (Å²) in [6, 6.07) is 7.47. The molecule has 4 atom stereocenters. The average molecular weight is 610 g/mol. The summed E-state index contributed by atoms with van der Waals surface area (Å²) in [4.78, 5) is 77.5. The number of H-pyrrole nitrogens is 1. The van der Waals surface area contributed by atoms with Gasteiger partial charge in [-0.05, 0) is 42.2 Å². The van der Waals surface area contributed by atoms with E-state index in [1.807, 2.05) is 24.3 Å². The molecule has 1 aromatic heterocycles. The van der Waals surface area contributed by atoms with Gasteiger partial charge in [0.05, 0.1) is 12.5 Å². The molecule has 15 nitrogen and oxygen atoms in total. The number of fused-ring (bicyclic) bond motifs is 1. The Labute approximate surface area is 251 Å². The lowest BCUT2D eigenvalue weighted by molar-refractivity contribution is -0.142. The van der Waals surface area contributed by atoms with Crippen LogP contribution in [-0.2, 0) is 41.6 Å². The van der Waals surface area contributed by atoms with Gasteiger partial charge in [0.15, 0.2) is 0 Å². The Morgan fingerprint density at radius 2 is 1.39 bits per heavy atom. The quantitative estimate of drug-likeness (QED) is 0.0929. The zero-order valence-electron chi connectivity index (χ0n) is 23.6. The Kier molecular flexibility index (Phi) is 11.4. The summed E-state index contributed by atoms with van der Waals surface area (Å²) >= 11 is 0. The first-order chi connectivity index (χ1) is 20.8. The third-order valence-corrected chi connectivity index (χ3v) is 6.79. The molecular formula is C29H35N7O8. The monoisotopic (exact) mass is 609 g/mol. The highest BCUT2D eigenvalue weighted by Gasteiger charge is 2.31. The summed E-state index contributed by atoms with van der Waals surface area (Å²) in [6.07, 6.45) is 0.347. The van der Waals surface area contributed by atoms with Crippen LogP contribution >= 0.6 is 0 Å². The van der Waals surface area contributed by atoms with Gasteiger partial charge < -0.3 is 48.3 Å². The summed E-state index contributed by atoms with van der Waals surface area (Å²) < 4.78 is 0. The molecule has 0 saturated heterocycles. The molecule has 5 amide bonds. The number of rotatable bonds is 16. The second-order valence-electron chi connectivity index (χ2n) is 10.2. The van der Waals surface area contributed by atoms with Gasteiger partial charge in [-0.15, -0.1) is 0 Å². The number of aromatic amines is 1. The first-order valence-electron chi connectivity index (χ1n) is 13.6. The number of carboxylic acids is 1. The van der Waals surface area contributed by atoms with Crippen molar-refractivity contribution in [1.29, 1.82) is 0 Å². The van der Waals surface area contributed by atoms with E-state index >= 15 is 0 Å². The largest absolute Gasteiger partial charge is 0.508 e. The molecule has 0 bridgehead atoms. The molecule has 3 rings (SSSR count). The number of carbonyl (C=O) groups excluding carboxylic acids is 5. The fourth-order valence-electron chi connectivity index (χ4n) is 4.49. The highest BCUT2D eigenvalue weighted by molar-refractivity contribution is 5.96. The van der Waals surface area contributed by atoms with Gasteiger partial charge in [-0.1, -0.05) is 30.3 Å². The minimum Gasteiger partial charge on any atom is -0.508 e. The number of benzene rings is 2. The Balaban J connectivity index is 1.72. The number of phenolic OH excluding ortho intramolecular Hbond substituents is 1. The number of carbonyl (C=O) groups is 6. The number of amides is 5. The van der Waals surface area contributed by atoms with E-state index in [2.05, 4.69) is 20.9 Å². The number of nitrogens with one attached hydrogen (secondary N) is 4. The number of hydrogen-bond acceptors (Lipinski definition) is 8. The van der Waals surface area contributed by atoms with Crippen LogP contribution < -0.4 is 33.2 Å². The van der Waals surface area contributed by atoms with E-state index in [1.165, 1.54) is 24.3 Å². The number of carboxylic acid groups (broad SMARTS) is 1. The van der Waals surface area contributed by atoms with Crippen LogP contribution in [0.1, 0.15) is 30.4 Å². The summed E-state index contributed by atoms with van der Waals surface area (Å²) in [6.45, 7) is 0. The molecule has 44 heavy (non-hydrogen) atoms. The van der Waals surface area contributed by atoms with E-state index in [1.54, 1.807) is 6.20 Å². The van der Waals surface area contributed by atoms with Crippen molar-refractivity contribution in [1.82, 2.24) is 20.9 Å². The van der Waals surface area contributed by atoms with Crippen LogP contribution in [0.15, 0.2) is 54.7 Å². The van der Waals surface area contributed by atoms with Gasteiger partial charge in [0.2, 0.25) is 29.5 Å². The summed E-state index contributed by atoms with van der Waals surface area (Å²) in [5, 5.41) is 27.0. The fraction of sp³-hybridized carbons (Fsp3) is 0.310. The van der Waals surface area contributed by atoms with Gasteiger partial charge in [0.25, 0.3) is 0 Å². The zero-order chi connectivity index (χ0) is 32.4. The van der Waals surface area contributed by atoms with Crippen LogP contribution in [0.4, 0.5) is 0 Å². The lowest BCUT2D eigenvalue weighted by atomic mass is 10.0. The van der Waals surface area contributed by atoms with Crippen molar-refractivity contribution in [2.75, 3.05) is 0 Å². The van der Waals surface area contributed by atoms with E-state index < -0.39 is 66.1 Å². The second kappa shape index (κ2) is 15.2. The van der Waals surface area contributed by atoms with Crippen molar-refractivity contribution in [2.24, 2.45) is 17.2 Å². The van der Waals surface area contributed by atoms with Crippen LogP contribution in [0, 0.1) is 0 Å². The molecule has 12 N–H and O–H groups in total. The molecule has 0 aliphatic carbocycles. The van der Waals surface area contributed by atoms with Gasteiger partial charge in [-0.25, -0.2) is 4.79 Å². The van der Waals surface area contributed by atoms with Gasteiger partial charge in [0, 0.05) is 29.9 Å². The van der Waals surface area contributed by atoms with E-state index in [0.29, 0.717) is 5.56 Å². The van der Waals surface area contributed by atoms with Crippen molar-refractivity contribution >= 4 is 46.4 Å². The van der Waals surface area contributed by atoms with E-state index in [9.17, 15) is 39.0 Å². The summed E-state index contributed by atoms with van der Waals surface area (Å²) in [7, 11) is 0. The van der Waals surface area contributed by atoms with Crippen LogP contribution in [-0.4, -0.2) is 74.9 Å². The van der Waals surface area contributed by atoms with Gasteiger partial charge >= 0.3 is 5.97 Å². The van der Waals surface area contributed by atoms with E-state index in [-0.39, 0.29) is 31.4 Å². The predicted molar refractivity (Wildman–Crippen MR) is 157 cm³/mol. The molecule has 3 aromatic rings. The van der Waals surface area contributed by atoms with Crippen molar-refractivity contribution in [2.45, 2.75) is 56.3 Å². The third kappa shape index (κ3) is 9.55. The molecule has 0 fully saturated rings. The lowest BCUT2D eigenvalue weighted by Gasteiger charge is -2.24. The van der Waals surface area contributed by atoms with Crippen LogP contribution in [0.2, 0.25) is 0 Å². The fourth-order valence-corrected chi connectivity index (χ4v) is 4.49. The molecule has 2 aromatic carbocycles. The van der Waals surface area contributed by atoms with Gasteiger partial charge in [-0.3, -0.25) is 24.0 Å². The smallest absolute Gasteiger partial charge is 0.326 e. The van der Waals surface area contributed by atoms with Gasteiger partial charge in [0.1, 0.15) is 23.9 Å². The van der Waals surface area contributed by atoms with Crippen LogP contribution in [0.5, 0.6) is 5.75 Å². The first kappa shape index (κ1) is 33.1. The summed E-state index contributed by atoms with van der Waals surface area (Å²) in [5.41, 5.74) is 18.7. The molecule has 0 unspecified atom stereocenters. The molecule has 0 spiro atoms. The minimum atomic E-state index is -1.54. The number of para-hydroxylation sites is 1. The zero-order valence-corrected chi connectivity index (χ0v) is 23.6. The number of aromatic hydroxyl groups is 1. The number of nitrogens with two attached hydrogens (primary N) is 3. The van der Waals surface area contributed by atoms with Crippen molar-refractivity contribution in [3.05, 3.63) is 65.9 Å². The van der Waals surface area contributed by atoms with Crippen molar-refractivity contribution < 1.29 is 39.0 Å². The Bertz CT molecular complexity index is 1520. The second-order valence-corrected chi connectivity index (χ2v) is 10.2. The number of aromatic nitrogens is 1. The summed E-state index contributed by atoms with van der Waals surface area (Å²) in [5.74, 6) is -5.85. The highest BCUT2D eigenvalue weighted by Crippen LogP contribution is 2.19. The number of aliphatic carboxylic acids is 1. The SMILES string of the molecule is NC(=O)CC[C@H](NC(=O)[C@H](CC(N)=O)NC(=O)[C@@H](N)Cc1c[nH]c2ccccc12)C(=O)N[C@@H](Cc1ccc(O)cc1)C(=O)O. The molecule has 234 valence electrons. The number of primary amides is 2. The highest BCUT2D eigenvalue weighted by atomic mass is 16.4. The molecule has 1 heterocycles. The third-order valence-electron chi connectivity index (χ3n) is 6.79. The lowest BCUT2D eigenvalue weighted by Crippen LogP contribution is -2.58. The number of phenols is 1. The molecule has 0 aliphatic rings. The van der Waals surface area contributed by atoms with E-state index in [0.717, 1.165) is 16.5 Å². The number of hydrogen-bond donors (Lipinski definition) is 9. The Morgan fingerprint density at radius 3 is 2.02 bits per heavy atom. The standard InChI is InChI=1S/C29H35N7O8/c30-19(12-16-14-33-20-4-2-1-3-18(16)20)26(40)35-22(13-25(32)39)28(42)34-21(9-10-24(31)38)27(41)36-23(29(43)44)11-15-5-7-17(37)8-6-15/h1-8,14,19,21-23,33,37H,9-13,30H2,(H2,31,38)(H2,32,39)(H,34,42)(H,35,40)(H,36,41)(H,43,44)/t19-,21-,22-,23-/m0/s1. The Hall–Kier alpha value is -5.44. The maximum atomic E-state index is 13.2. The van der Waals surface area contributed by atoms with Crippen LogP contribution in [0.3, 0.4) is 0 Å². The van der Waals surface area contributed by atoms with Crippen molar-refractivity contribution in [3.8, 4) is 5.75 Å². The Morgan fingerprint density at radius 1 is 0.773 bits per heavy atom. The van der Waals surface area contributed by atoms with Crippen LogP contribution in [0.25, 0.3) is 10.9 Å². The van der Waals surface area contributed by atoms with Gasteiger partial charge in [-0.2, -0.15) is 0 Å². The molecular weight excluding hydrogens is 574 g/mol. The van der Waals surface area contributed by atoms with E-state index in [4.69, 9.17) is 17.2 Å². The normalized spacial score (nSPS) is 13.7. The topological polar surface area (TPSA) is 273 Å². The molecule has 0 aliphatic heterocycles. The first-order valence-corrected chi connectivity index (χ1v) is 13.6. The maximum absolute atomic E-state index is 13.2. The molecule has 15 heteroatoms. The minimum absolute atomic E-state index is 0.0320. The average Bonchev–Trinajstić information content (AvgIpc) is 3.37. The predicted octanol–water partition coefficient (Wildman–Crippen LogP) is -1.33. The maximum Gasteiger partial charge on any atom is 0.326 e. The molecule has 0 saturated carbocycles. The molecule has 0 radical (unpaired) electrons.